The first-order chi connectivity index (χ1) is 8.44. The predicted molar refractivity (Wildman–Crippen MR) is 76.8 cm³/mol. The summed E-state index contributed by atoms with van der Waals surface area (Å²) in [5.74, 6) is 0.759. The number of halogens is 1. The Bertz CT molecular complexity index is 515. The van der Waals surface area contributed by atoms with Crippen molar-refractivity contribution in [1.82, 2.24) is 15.5 Å². The number of aromatic nitrogens is 2. The number of nitrogens with zero attached hydrogens (tertiary/aromatic N) is 2. The zero-order valence-electron chi connectivity index (χ0n) is 10.7. The Morgan fingerprint density at radius 1 is 1.33 bits per heavy atom. The minimum Gasteiger partial charge on any atom is -0.447 e. The number of nitrogens with one attached hydrogen (secondary N) is 1. The molecule has 0 aliphatic heterocycles. The van der Waals surface area contributed by atoms with E-state index in [9.17, 15) is 0 Å². The van der Waals surface area contributed by atoms with E-state index in [4.69, 9.17) is 4.42 Å². The van der Waals surface area contributed by atoms with Crippen LogP contribution in [0.1, 0.15) is 25.8 Å². The van der Waals surface area contributed by atoms with Crippen molar-refractivity contribution in [2.45, 2.75) is 32.7 Å². The van der Waals surface area contributed by atoms with Crippen LogP contribution in [0.2, 0.25) is 0 Å². The average molecular weight is 330 g/mol. The third-order valence-electron chi connectivity index (χ3n) is 2.25. The quantitative estimate of drug-likeness (QED) is 0.932. The highest BCUT2D eigenvalue weighted by Gasteiger charge is 2.12. The van der Waals surface area contributed by atoms with E-state index in [0.29, 0.717) is 4.67 Å². The van der Waals surface area contributed by atoms with Crippen LogP contribution in [0.4, 0.5) is 0 Å². The van der Waals surface area contributed by atoms with Crippen molar-refractivity contribution in [3.05, 3.63) is 21.8 Å². The Kier molecular flexibility index (Phi) is 4.19. The van der Waals surface area contributed by atoms with Gasteiger partial charge in [-0.2, -0.15) is 0 Å². The monoisotopic (exact) mass is 329 g/mol. The third kappa shape index (κ3) is 3.90. The number of hydrogen-bond acceptors (Lipinski definition) is 5. The molecule has 0 aliphatic rings. The van der Waals surface area contributed by atoms with Crippen LogP contribution in [0.3, 0.4) is 0 Å². The fourth-order valence-electron chi connectivity index (χ4n) is 1.43. The second kappa shape index (κ2) is 5.50. The van der Waals surface area contributed by atoms with Gasteiger partial charge < -0.3 is 9.73 Å². The molecule has 0 atom stereocenters. The van der Waals surface area contributed by atoms with Crippen LogP contribution in [0, 0.1) is 0 Å². The summed E-state index contributed by atoms with van der Waals surface area (Å²) in [6, 6.07) is 3.75. The van der Waals surface area contributed by atoms with Crippen LogP contribution in [-0.2, 0) is 6.42 Å². The van der Waals surface area contributed by atoms with Crippen LogP contribution < -0.4 is 5.32 Å². The molecule has 0 aliphatic carbocycles. The Hall–Kier alpha value is -0.720. The van der Waals surface area contributed by atoms with Gasteiger partial charge in [-0.3, -0.25) is 0 Å². The molecule has 0 aromatic carbocycles. The second-order valence-electron chi connectivity index (χ2n) is 5.03. The zero-order chi connectivity index (χ0) is 13.2. The van der Waals surface area contributed by atoms with E-state index in [2.05, 4.69) is 52.2 Å². The molecule has 0 saturated heterocycles. The van der Waals surface area contributed by atoms with Crippen molar-refractivity contribution in [2.75, 3.05) is 6.54 Å². The lowest BCUT2D eigenvalue weighted by Gasteiger charge is -2.19. The maximum Gasteiger partial charge on any atom is 0.183 e. The highest BCUT2D eigenvalue weighted by molar-refractivity contribution is 9.10. The number of hydrogen-bond donors (Lipinski definition) is 1. The van der Waals surface area contributed by atoms with Crippen molar-refractivity contribution < 1.29 is 4.42 Å². The van der Waals surface area contributed by atoms with E-state index in [1.807, 2.05) is 12.1 Å². The van der Waals surface area contributed by atoms with E-state index in [1.54, 1.807) is 11.3 Å². The lowest BCUT2D eigenvalue weighted by molar-refractivity contribution is 0.429. The van der Waals surface area contributed by atoms with Crippen LogP contribution in [-0.4, -0.2) is 22.3 Å². The van der Waals surface area contributed by atoms with Gasteiger partial charge in [0.2, 0.25) is 0 Å². The SMILES string of the molecule is CC(C)(C)NCCc1nnc(-c2ccc(Br)o2)s1. The molecule has 4 nitrogen and oxygen atoms in total. The second-order valence-corrected chi connectivity index (χ2v) is 6.88. The maximum absolute atomic E-state index is 5.45. The molecule has 2 rings (SSSR count). The molecule has 0 spiro atoms. The van der Waals surface area contributed by atoms with Gasteiger partial charge in [-0.1, -0.05) is 11.3 Å². The van der Waals surface area contributed by atoms with Gasteiger partial charge in [0.25, 0.3) is 0 Å². The van der Waals surface area contributed by atoms with E-state index in [0.717, 1.165) is 28.7 Å². The van der Waals surface area contributed by atoms with Crippen molar-refractivity contribution in [3.63, 3.8) is 0 Å². The molecule has 0 unspecified atom stereocenters. The summed E-state index contributed by atoms with van der Waals surface area (Å²) in [6.45, 7) is 7.36. The van der Waals surface area contributed by atoms with Crippen molar-refractivity contribution in [1.29, 1.82) is 0 Å². The summed E-state index contributed by atoms with van der Waals surface area (Å²) in [7, 11) is 0. The molecule has 0 saturated carbocycles. The summed E-state index contributed by atoms with van der Waals surface area (Å²) < 4.78 is 6.16. The summed E-state index contributed by atoms with van der Waals surface area (Å²) in [5.41, 5.74) is 0.138. The third-order valence-corrected chi connectivity index (χ3v) is 3.67. The van der Waals surface area contributed by atoms with E-state index in [1.165, 1.54) is 0 Å². The first-order valence-electron chi connectivity index (χ1n) is 5.77. The van der Waals surface area contributed by atoms with Gasteiger partial charge in [0.15, 0.2) is 15.4 Å². The first-order valence-corrected chi connectivity index (χ1v) is 7.38. The molecule has 0 amide bonds. The van der Waals surface area contributed by atoms with Gasteiger partial charge in [0.05, 0.1) is 0 Å². The van der Waals surface area contributed by atoms with Gasteiger partial charge in [0.1, 0.15) is 5.01 Å². The van der Waals surface area contributed by atoms with Gasteiger partial charge in [-0.05, 0) is 48.8 Å². The Morgan fingerprint density at radius 3 is 2.72 bits per heavy atom. The van der Waals surface area contributed by atoms with Crippen molar-refractivity contribution in [3.8, 4) is 10.8 Å². The molecule has 0 fully saturated rings. The lowest BCUT2D eigenvalue weighted by Crippen LogP contribution is -2.37. The molecule has 6 heteroatoms. The smallest absolute Gasteiger partial charge is 0.183 e. The molecule has 98 valence electrons. The number of furan rings is 1. The molecule has 2 aromatic rings. The summed E-state index contributed by atoms with van der Waals surface area (Å²) in [6.07, 6.45) is 0.886. The molecule has 2 heterocycles. The minimum absolute atomic E-state index is 0.138. The Balaban J connectivity index is 1.94. The topological polar surface area (TPSA) is 51.0 Å². The molecule has 2 aromatic heterocycles. The van der Waals surface area contributed by atoms with E-state index in [-0.39, 0.29) is 5.54 Å². The van der Waals surface area contributed by atoms with Crippen molar-refractivity contribution >= 4 is 27.3 Å². The fourth-order valence-corrected chi connectivity index (χ4v) is 2.54. The molecular weight excluding hydrogens is 314 g/mol. The first kappa shape index (κ1) is 13.7. The molecule has 0 bridgehead atoms. The summed E-state index contributed by atoms with van der Waals surface area (Å²) >= 11 is 4.85. The zero-order valence-corrected chi connectivity index (χ0v) is 13.1. The Labute approximate surface area is 119 Å². The standard InChI is InChI=1S/C12H16BrN3OS/c1-12(2,3)14-7-6-10-15-16-11(18-10)8-4-5-9(13)17-8/h4-5,14H,6-7H2,1-3H3. The predicted octanol–water partition coefficient (Wildman–Crippen LogP) is 3.49. The highest BCUT2D eigenvalue weighted by atomic mass is 79.9. The van der Waals surface area contributed by atoms with E-state index < -0.39 is 0 Å². The largest absolute Gasteiger partial charge is 0.447 e. The van der Waals surface area contributed by atoms with Gasteiger partial charge in [-0.25, -0.2) is 0 Å². The summed E-state index contributed by atoms with van der Waals surface area (Å²) in [5, 5.41) is 13.6. The average Bonchev–Trinajstić information content (AvgIpc) is 2.85. The minimum atomic E-state index is 0.138. The molecule has 1 N–H and O–H groups in total. The normalized spacial score (nSPS) is 12.0. The van der Waals surface area contributed by atoms with E-state index >= 15 is 0 Å². The van der Waals surface area contributed by atoms with Crippen LogP contribution in [0.25, 0.3) is 10.8 Å². The van der Waals surface area contributed by atoms with Crippen LogP contribution in [0.15, 0.2) is 21.2 Å². The van der Waals surface area contributed by atoms with Gasteiger partial charge >= 0.3 is 0 Å². The lowest BCUT2D eigenvalue weighted by atomic mass is 10.1. The Morgan fingerprint density at radius 2 is 2.11 bits per heavy atom. The number of rotatable bonds is 4. The highest BCUT2D eigenvalue weighted by Crippen LogP contribution is 2.27. The van der Waals surface area contributed by atoms with Crippen molar-refractivity contribution in [2.24, 2.45) is 0 Å². The molecule has 0 radical (unpaired) electrons. The van der Waals surface area contributed by atoms with Crippen LogP contribution >= 0.6 is 27.3 Å². The molecule has 18 heavy (non-hydrogen) atoms. The van der Waals surface area contributed by atoms with Gasteiger partial charge in [0, 0.05) is 18.5 Å². The summed E-state index contributed by atoms with van der Waals surface area (Å²) in [4.78, 5) is 0. The fraction of sp³-hybridized carbons (Fsp3) is 0.500. The van der Waals surface area contributed by atoms with Crippen LogP contribution in [0.5, 0.6) is 0 Å². The molecular formula is C12H16BrN3OS. The van der Waals surface area contributed by atoms with Gasteiger partial charge in [-0.15, -0.1) is 10.2 Å². The maximum atomic E-state index is 5.45.